The second-order valence-corrected chi connectivity index (χ2v) is 7.92. The monoisotopic (exact) mass is 427 g/mol. The summed E-state index contributed by atoms with van der Waals surface area (Å²) in [6, 6.07) is 22.2. The number of rotatable bonds is 6. The Morgan fingerprint density at radius 3 is 2.28 bits per heavy atom. The zero-order valence-electron chi connectivity index (χ0n) is 18.0. The van der Waals surface area contributed by atoms with E-state index in [2.05, 4.69) is 5.32 Å². The van der Waals surface area contributed by atoms with Crippen molar-refractivity contribution in [1.29, 1.82) is 0 Å². The molecule has 0 aromatic heterocycles. The predicted octanol–water partition coefficient (Wildman–Crippen LogP) is 3.93. The summed E-state index contributed by atoms with van der Waals surface area (Å²) in [7, 11) is 3.39. The maximum atomic E-state index is 12.3. The van der Waals surface area contributed by atoms with Crippen LogP contribution in [0.5, 0.6) is 11.5 Å². The quantitative estimate of drug-likeness (QED) is 0.584. The summed E-state index contributed by atoms with van der Waals surface area (Å²) >= 11 is 0. The molecule has 4 rings (SSSR count). The smallest absolute Gasteiger partial charge is 0.256 e. The number of hydrogen-bond donors (Lipinski definition) is 2. The SMILES string of the molecule is CN(C)C(=O)[C@@H](N)Cc1ccc(Oc2ccc(/C=C3/C(=O)Nc4ccccc43)cc2)cc1. The molecule has 0 spiro atoms. The van der Waals surface area contributed by atoms with Gasteiger partial charge in [-0.2, -0.15) is 0 Å². The second kappa shape index (κ2) is 9.08. The molecule has 2 amide bonds. The molecule has 0 saturated heterocycles. The molecule has 1 aliphatic heterocycles. The number of carbonyl (C=O) groups excluding carboxylic acids is 2. The van der Waals surface area contributed by atoms with E-state index in [9.17, 15) is 9.59 Å². The van der Waals surface area contributed by atoms with Crippen molar-refractivity contribution in [2.75, 3.05) is 19.4 Å². The summed E-state index contributed by atoms with van der Waals surface area (Å²) in [6.07, 6.45) is 2.34. The number of nitrogens with one attached hydrogen (secondary N) is 1. The summed E-state index contributed by atoms with van der Waals surface area (Å²) in [4.78, 5) is 25.7. The van der Waals surface area contributed by atoms with Gasteiger partial charge in [-0.3, -0.25) is 9.59 Å². The van der Waals surface area contributed by atoms with Crippen LogP contribution in [0.25, 0.3) is 11.6 Å². The van der Waals surface area contributed by atoms with E-state index >= 15 is 0 Å². The lowest BCUT2D eigenvalue weighted by Gasteiger charge is -2.16. The minimum Gasteiger partial charge on any atom is -0.457 e. The van der Waals surface area contributed by atoms with E-state index in [0.29, 0.717) is 23.5 Å². The van der Waals surface area contributed by atoms with Crippen molar-refractivity contribution < 1.29 is 14.3 Å². The van der Waals surface area contributed by atoms with E-state index in [0.717, 1.165) is 22.4 Å². The lowest BCUT2D eigenvalue weighted by molar-refractivity contribution is -0.130. The van der Waals surface area contributed by atoms with Crippen LogP contribution >= 0.6 is 0 Å². The molecular weight excluding hydrogens is 402 g/mol. The molecule has 32 heavy (non-hydrogen) atoms. The number of carbonyl (C=O) groups is 2. The zero-order chi connectivity index (χ0) is 22.7. The molecule has 0 unspecified atom stereocenters. The van der Waals surface area contributed by atoms with Gasteiger partial charge < -0.3 is 20.7 Å². The van der Waals surface area contributed by atoms with Gasteiger partial charge in [0.25, 0.3) is 5.91 Å². The Balaban J connectivity index is 1.41. The number of fused-ring (bicyclic) bond motifs is 1. The molecule has 3 N–H and O–H groups in total. The zero-order valence-corrected chi connectivity index (χ0v) is 18.0. The summed E-state index contributed by atoms with van der Waals surface area (Å²) in [6.45, 7) is 0. The van der Waals surface area contributed by atoms with Gasteiger partial charge in [0.2, 0.25) is 5.91 Å². The van der Waals surface area contributed by atoms with Crippen molar-refractivity contribution in [3.63, 3.8) is 0 Å². The van der Waals surface area contributed by atoms with Crippen LogP contribution in [0.2, 0.25) is 0 Å². The Morgan fingerprint density at radius 2 is 1.62 bits per heavy atom. The Bertz CT molecular complexity index is 1170. The van der Waals surface area contributed by atoms with Gasteiger partial charge in [-0.25, -0.2) is 0 Å². The van der Waals surface area contributed by atoms with E-state index in [4.69, 9.17) is 10.5 Å². The van der Waals surface area contributed by atoms with Gasteiger partial charge in [0.05, 0.1) is 6.04 Å². The third kappa shape index (κ3) is 4.71. The van der Waals surface area contributed by atoms with Gasteiger partial charge in [0.15, 0.2) is 0 Å². The van der Waals surface area contributed by atoms with E-state index in [-0.39, 0.29) is 11.8 Å². The number of benzene rings is 3. The topological polar surface area (TPSA) is 84.7 Å². The molecule has 1 atom stereocenters. The lowest BCUT2D eigenvalue weighted by Crippen LogP contribution is -2.41. The first-order chi connectivity index (χ1) is 15.4. The van der Waals surface area contributed by atoms with Crippen molar-refractivity contribution in [1.82, 2.24) is 4.90 Å². The van der Waals surface area contributed by atoms with Crippen LogP contribution in [0.3, 0.4) is 0 Å². The molecule has 162 valence electrons. The first-order valence-electron chi connectivity index (χ1n) is 10.4. The molecule has 3 aromatic carbocycles. The minimum atomic E-state index is -0.563. The molecule has 6 nitrogen and oxygen atoms in total. The van der Waals surface area contributed by atoms with Crippen LogP contribution in [-0.2, 0) is 16.0 Å². The third-order valence-electron chi connectivity index (χ3n) is 5.27. The standard InChI is InChI=1S/C26H25N3O3/c1-29(2)26(31)23(27)16-18-9-13-20(14-10-18)32-19-11-7-17(8-12-19)15-22-21-5-3-4-6-24(21)28-25(22)30/h3-15,23H,16,27H2,1-2H3,(H,28,30)/b22-15+/t23-/m0/s1. The van der Waals surface area contributed by atoms with Gasteiger partial charge in [-0.15, -0.1) is 0 Å². The number of nitrogens with zero attached hydrogens (tertiary/aromatic N) is 1. The number of likely N-dealkylation sites (N-methyl/N-ethyl adjacent to an activating group) is 1. The van der Waals surface area contributed by atoms with Gasteiger partial charge in [-0.05, 0) is 54.0 Å². The number of amides is 2. The van der Waals surface area contributed by atoms with Crippen molar-refractivity contribution in [3.05, 3.63) is 89.5 Å². The molecule has 3 aromatic rings. The Morgan fingerprint density at radius 1 is 1.00 bits per heavy atom. The summed E-state index contributed by atoms with van der Waals surface area (Å²) < 4.78 is 5.92. The predicted molar refractivity (Wildman–Crippen MR) is 126 cm³/mol. The third-order valence-corrected chi connectivity index (χ3v) is 5.27. The first kappa shape index (κ1) is 21.3. The van der Waals surface area contributed by atoms with Crippen molar-refractivity contribution in [2.45, 2.75) is 12.5 Å². The maximum Gasteiger partial charge on any atom is 0.256 e. The first-order valence-corrected chi connectivity index (χ1v) is 10.4. The summed E-state index contributed by atoms with van der Waals surface area (Å²) in [5.41, 5.74) is 10.2. The molecule has 0 saturated carbocycles. The molecular formula is C26H25N3O3. The maximum absolute atomic E-state index is 12.3. The van der Waals surface area contributed by atoms with Crippen LogP contribution in [0.1, 0.15) is 16.7 Å². The number of hydrogen-bond acceptors (Lipinski definition) is 4. The molecule has 6 heteroatoms. The van der Waals surface area contributed by atoms with E-state index in [1.54, 1.807) is 14.1 Å². The van der Waals surface area contributed by atoms with Crippen LogP contribution in [0, 0.1) is 0 Å². The van der Waals surface area contributed by atoms with Crippen LogP contribution in [-0.4, -0.2) is 36.9 Å². The van der Waals surface area contributed by atoms with Crippen LogP contribution < -0.4 is 15.8 Å². The second-order valence-electron chi connectivity index (χ2n) is 7.92. The van der Waals surface area contributed by atoms with Gasteiger partial charge in [-0.1, -0.05) is 42.5 Å². The number of para-hydroxylation sites is 1. The van der Waals surface area contributed by atoms with Crippen LogP contribution in [0.4, 0.5) is 5.69 Å². The Kier molecular flexibility index (Phi) is 6.05. The highest BCUT2D eigenvalue weighted by Crippen LogP contribution is 2.33. The van der Waals surface area contributed by atoms with E-state index in [1.807, 2.05) is 78.9 Å². The summed E-state index contributed by atoms with van der Waals surface area (Å²) in [5.74, 6) is 1.18. The fourth-order valence-electron chi connectivity index (χ4n) is 3.58. The van der Waals surface area contributed by atoms with Gasteiger partial charge >= 0.3 is 0 Å². The highest BCUT2D eigenvalue weighted by molar-refractivity contribution is 6.34. The Hall–Kier alpha value is -3.90. The Labute approximate surface area is 187 Å². The minimum absolute atomic E-state index is 0.0982. The number of ether oxygens (including phenoxy) is 1. The number of nitrogens with two attached hydrogens (primary N) is 1. The molecule has 1 aliphatic rings. The lowest BCUT2D eigenvalue weighted by atomic mass is 10.0. The van der Waals surface area contributed by atoms with E-state index < -0.39 is 6.04 Å². The van der Waals surface area contributed by atoms with E-state index in [1.165, 1.54) is 4.90 Å². The largest absolute Gasteiger partial charge is 0.457 e. The molecule has 0 bridgehead atoms. The highest BCUT2D eigenvalue weighted by atomic mass is 16.5. The normalized spacial score (nSPS) is 14.6. The molecule has 0 radical (unpaired) electrons. The fourth-order valence-corrected chi connectivity index (χ4v) is 3.58. The van der Waals surface area contributed by atoms with Crippen molar-refractivity contribution in [3.8, 4) is 11.5 Å². The fraction of sp³-hybridized carbons (Fsp3) is 0.154. The average molecular weight is 428 g/mol. The molecule has 0 fully saturated rings. The van der Waals surface area contributed by atoms with Crippen molar-refractivity contribution in [2.24, 2.45) is 5.73 Å². The highest BCUT2D eigenvalue weighted by Gasteiger charge is 2.23. The van der Waals surface area contributed by atoms with Crippen LogP contribution in [0.15, 0.2) is 72.8 Å². The van der Waals surface area contributed by atoms with Gasteiger partial charge in [0.1, 0.15) is 11.5 Å². The van der Waals surface area contributed by atoms with Gasteiger partial charge in [0, 0.05) is 30.9 Å². The molecule has 0 aliphatic carbocycles. The molecule has 1 heterocycles. The van der Waals surface area contributed by atoms with Crippen molar-refractivity contribution >= 4 is 29.2 Å². The summed E-state index contributed by atoms with van der Waals surface area (Å²) in [5, 5.41) is 2.88. The average Bonchev–Trinajstić information content (AvgIpc) is 3.10. The number of anilines is 1.